The van der Waals surface area contributed by atoms with Gasteiger partial charge in [-0.1, -0.05) is 51.1 Å². The zero-order valence-electron chi connectivity index (χ0n) is 14.6. The molecule has 0 amide bonds. The summed E-state index contributed by atoms with van der Waals surface area (Å²) in [6.07, 6.45) is 2.55. The summed E-state index contributed by atoms with van der Waals surface area (Å²) in [7, 11) is -1.65. The Balaban J connectivity index is 1.72. The first-order valence-electron chi connectivity index (χ1n) is 8.23. The van der Waals surface area contributed by atoms with E-state index in [9.17, 15) is 0 Å². The van der Waals surface area contributed by atoms with E-state index in [0.29, 0.717) is 5.44 Å². The molecule has 4 heteroatoms. The predicted molar refractivity (Wildman–Crippen MR) is 98.8 cm³/mol. The fourth-order valence-electron chi connectivity index (χ4n) is 2.20. The minimum Gasteiger partial charge on any atom is -0.414 e. The molecular formula is C18H30O2SSi. The maximum absolute atomic E-state index is 6.29. The second-order valence-corrected chi connectivity index (χ2v) is 13.6. The maximum atomic E-state index is 6.29. The van der Waals surface area contributed by atoms with Crippen molar-refractivity contribution < 1.29 is 9.16 Å². The van der Waals surface area contributed by atoms with Gasteiger partial charge in [0.05, 0.1) is 12.7 Å². The highest BCUT2D eigenvalue weighted by molar-refractivity contribution is 7.99. The smallest absolute Gasteiger partial charge is 0.192 e. The summed E-state index contributed by atoms with van der Waals surface area (Å²) in [4.78, 5) is 0. The van der Waals surface area contributed by atoms with Crippen molar-refractivity contribution >= 4 is 20.1 Å². The molecular weight excluding hydrogens is 308 g/mol. The van der Waals surface area contributed by atoms with Crippen LogP contribution in [-0.2, 0) is 14.9 Å². The monoisotopic (exact) mass is 338 g/mol. The van der Waals surface area contributed by atoms with Crippen molar-refractivity contribution in [2.45, 2.75) is 69.0 Å². The first-order valence-corrected chi connectivity index (χ1v) is 12.2. The van der Waals surface area contributed by atoms with Crippen molar-refractivity contribution in [3.63, 3.8) is 0 Å². The van der Waals surface area contributed by atoms with Crippen molar-refractivity contribution in [3.8, 4) is 0 Å². The van der Waals surface area contributed by atoms with Gasteiger partial charge in [0, 0.05) is 5.75 Å². The first-order chi connectivity index (χ1) is 10.3. The standard InChI is InChI=1S/C18H30O2SSi/c1-18(2,3)22(4,5)19-13-16-11-12-17(20-16)21-14-15-9-7-6-8-10-15/h6-10,16-17H,11-14H2,1-5H3/t16-,17+/m0/s1. The highest BCUT2D eigenvalue weighted by Crippen LogP contribution is 2.37. The fourth-order valence-corrected chi connectivity index (χ4v) is 4.34. The molecule has 0 N–H and O–H groups in total. The molecule has 1 saturated heterocycles. The molecule has 1 heterocycles. The van der Waals surface area contributed by atoms with Gasteiger partial charge in [-0.2, -0.15) is 0 Å². The lowest BCUT2D eigenvalue weighted by Gasteiger charge is -2.36. The molecule has 1 aromatic rings. The molecule has 0 radical (unpaired) electrons. The number of hydrogen-bond donors (Lipinski definition) is 0. The molecule has 1 aliphatic rings. The van der Waals surface area contributed by atoms with Gasteiger partial charge in [-0.15, -0.1) is 11.8 Å². The van der Waals surface area contributed by atoms with E-state index in [-0.39, 0.29) is 11.1 Å². The van der Waals surface area contributed by atoms with E-state index >= 15 is 0 Å². The second kappa shape index (κ2) is 7.52. The lowest BCUT2D eigenvalue weighted by Crippen LogP contribution is -2.42. The van der Waals surface area contributed by atoms with E-state index in [4.69, 9.17) is 9.16 Å². The van der Waals surface area contributed by atoms with Crippen LogP contribution in [0.15, 0.2) is 30.3 Å². The molecule has 0 saturated carbocycles. The highest BCUT2D eigenvalue weighted by atomic mass is 32.2. The fraction of sp³-hybridized carbons (Fsp3) is 0.667. The summed E-state index contributed by atoms with van der Waals surface area (Å²) >= 11 is 1.91. The van der Waals surface area contributed by atoms with Crippen LogP contribution in [0.1, 0.15) is 39.2 Å². The molecule has 0 unspecified atom stereocenters. The highest BCUT2D eigenvalue weighted by Gasteiger charge is 2.38. The topological polar surface area (TPSA) is 18.5 Å². The van der Waals surface area contributed by atoms with Gasteiger partial charge >= 0.3 is 0 Å². The van der Waals surface area contributed by atoms with Crippen LogP contribution < -0.4 is 0 Å². The Morgan fingerprint density at radius 1 is 1.18 bits per heavy atom. The Kier molecular flexibility index (Phi) is 6.17. The molecule has 2 atom stereocenters. The average molecular weight is 339 g/mol. The molecule has 124 valence electrons. The van der Waals surface area contributed by atoms with Crippen molar-refractivity contribution in [2.24, 2.45) is 0 Å². The first kappa shape index (κ1) is 18.1. The van der Waals surface area contributed by atoms with E-state index in [1.54, 1.807) is 0 Å². The van der Waals surface area contributed by atoms with Crippen molar-refractivity contribution in [3.05, 3.63) is 35.9 Å². The van der Waals surface area contributed by atoms with Gasteiger partial charge in [-0.05, 0) is 36.5 Å². The van der Waals surface area contributed by atoms with Gasteiger partial charge in [0.15, 0.2) is 8.32 Å². The van der Waals surface area contributed by atoms with Gasteiger partial charge in [0.2, 0.25) is 0 Å². The SMILES string of the molecule is CC(C)(C)[Si](C)(C)OC[C@@H]1CC[C@@H](SCc2ccccc2)O1. The quantitative estimate of drug-likeness (QED) is 0.643. The summed E-state index contributed by atoms with van der Waals surface area (Å²) in [6.45, 7) is 12.2. The predicted octanol–water partition coefficient (Wildman–Crippen LogP) is 5.45. The number of rotatable bonds is 6. The lowest BCUT2D eigenvalue weighted by molar-refractivity contribution is 0.0498. The Hall–Kier alpha value is -0.293. The molecule has 2 nitrogen and oxygen atoms in total. The molecule has 0 bridgehead atoms. The number of benzene rings is 1. The number of hydrogen-bond acceptors (Lipinski definition) is 3. The molecule has 1 fully saturated rings. The van der Waals surface area contributed by atoms with E-state index in [1.807, 2.05) is 11.8 Å². The summed E-state index contributed by atoms with van der Waals surface area (Å²) in [5.74, 6) is 1.03. The Morgan fingerprint density at radius 3 is 2.50 bits per heavy atom. The zero-order valence-corrected chi connectivity index (χ0v) is 16.4. The van der Waals surface area contributed by atoms with Gasteiger partial charge in [-0.3, -0.25) is 0 Å². The molecule has 2 rings (SSSR count). The largest absolute Gasteiger partial charge is 0.414 e. The summed E-state index contributed by atoms with van der Waals surface area (Å²) in [6, 6.07) is 10.6. The average Bonchev–Trinajstić information content (AvgIpc) is 2.91. The van der Waals surface area contributed by atoms with Crippen molar-refractivity contribution in [1.82, 2.24) is 0 Å². The van der Waals surface area contributed by atoms with E-state index in [0.717, 1.165) is 25.2 Å². The Morgan fingerprint density at radius 2 is 1.86 bits per heavy atom. The van der Waals surface area contributed by atoms with Crippen LogP contribution in [0, 0.1) is 0 Å². The number of thioether (sulfide) groups is 1. The minimum absolute atomic E-state index is 0.271. The van der Waals surface area contributed by atoms with Crippen LogP contribution in [0.5, 0.6) is 0 Å². The summed E-state index contributed by atoms with van der Waals surface area (Å²) in [5, 5.41) is 0.271. The van der Waals surface area contributed by atoms with Gasteiger partial charge < -0.3 is 9.16 Å². The third-order valence-corrected chi connectivity index (χ3v) is 10.5. The van der Waals surface area contributed by atoms with E-state index in [2.05, 4.69) is 64.2 Å². The van der Waals surface area contributed by atoms with Gasteiger partial charge in [0.25, 0.3) is 0 Å². The zero-order chi connectivity index (χ0) is 16.2. The van der Waals surface area contributed by atoms with Crippen LogP contribution in [-0.4, -0.2) is 26.5 Å². The number of ether oxygens (including phenoxy) is 1. The Labute approximate surface area is 141 Å². The summed E-state index contributed by atoms with van der Waals surface area (Å²) in [5.41, 5.74) is 1.70. The van der Waals surface area contributed by atoms with Crippen molar-refractivity contribution in [2.75, 3.05) is 6.61 Å². The lowest BCUT2D eigenvalue weighted by atomic mass is 10.2. The second-order valence-electron chi connectivity index (χ2n) is 7.63. The van der Waals surface area contributed by atoms with Crippen molar-refractivity contribution in [1.29, 1.82) is 0 Å². The van der Waals surface area contributed by atoms with Crippen LogP contribution in [0.2, 0.25) is 18.1 Å². The third-order valence-electron chi connectivity index (χ3n) is 4.78. The normalized spacial score (nSPS) is 23.0. The molecule has 1 aromatic carbocycles. The van der Waals surface area contributed by atoms with Crippen LogP contribution in [0.3, 0.4) is 0 Å². The Bertz CT molecular complexity index is 456. The van der Waals surface area contributed by atoms with Gasteiger partial charge in [0.1, 0.15) is 5.44 Å². The molecule has 22 heavy (non-hydrogen) atoms. The van der Waals surface area contributed by atoms with E-state index in [1.165, 1.54) is 5.56 Å². The molecule has 0 aromatic heterocycles. The maximum Gasteiger partial charge on any atom is 0.192 e. The molecule has 0 spiro atoms. The van der Waals surface area contributed by atoms with Crippen LogP contribution in [0.25, 0.3) is 0 Å². The minimum atomic E-state index is -1.65. The summed E-state index contributed by atoms with van der Waals surface area (Å²) < 4.78 is 12.4. The van der Waals surface area contributed by atoms with E-state index < -0.39 is 8.32 Å². The molecule has 1 aliphatic heterocycles. The van der Waals surface area contributed by atoms with Gasteiger partial charge in [-0.25, -0.2) is 0 Å². The molecule has 0 aliphatic carbocycles. The third kappa shape index (κ3) is 5.12. The van der Waals surface area contributed by atoms with Crippen LogP contribution in [0.4, 0.5) is 0 Å². The van der Waals surface area contributed by atoms with Crippen LogP contribution >= 0.6 is 11.8 Å².